The van der Waals surface area contributed by atoms with Crippen LogP contribution in [-0.2, 0) is 19.7 Å². The van der Waals surface area contributed by atoms with Gasteiger partial charge in [-0.05, 0) is 25.3 Å². The van der Waals surface area contributed by atoms with Crippen molar-refractivity contribution in [1.82, 2.24) is 4.31 Å². The Morgan fingerprint density at radius 2 is 2.05 bits per heavy atom. The zero-order valence-electron chi connectivity index (χ0n) is 12.0. The van der Waals surface area contributed by atoms with Crippen LogP contribution in [0, 0.1) is 0 Å². The molecule has 0 bridgehead atoms. The molecule has 2 rings (SSSR count). The summed E-state index contributed by atoms with van der Waals surface area (Å²) in [5.74, 6) is -0.564. The molecule has 0 amide bonds. The van der Waals surface area contributed by atoms with Gasteiger partial charge >= 0.3 is 16.2 Å². The van der Waals surface area contributed by atoms with Crippen LogP contribution in [0.3, 0.4) is 0 Å². The Morgan fingerprint density at radius 1 is 1.43 bits per heavy atom. The van der Waals surface area contributed by atoms with Crippen LogP contribution in [0.25, 0.3) is 0 Å². The lowest BCUT2D eigenvalue weighted by atomic mass is 10.3. The molecule has 1 aliphatic heterocycles. The second-order valence-corrected chi connectivity index (χ2v) is 7.42. The molecular formula is C12H18N2O5S2. The lowest BCUT2D eigenvalue weighted by Gasteiger charge is -2.34. The van der Waals surface area contributed by atoms with Gasteiger partial charge in [-0.25, -0.2) is 4.79 Å². The van der Waals surface area contributed by atoms with E-state index < -0.39 is 16.2 Å². The van der Waals surface area contributed by atoms with E-state index in [-0.39, 0.29) is 35.9 Å². The van der Waals surface area contributed by atoms with Crippen LogP contribution < -0.4 is 4.72 Å². The number of nitrogens with one attached hydrogen (secondary N) is 1. The molecule has 2 unspecified atom stereocenters. The Bertz CT molecular complexity index is 603. The van der Waals surface area contributed by atoms with E-state index in [1.165, 1.54) is 11.4 Å². The van der Waals surface area contributed by atoms with E-state index in [2.05, 4.69) is 9.46 Å². The fraction of sp³-hybridized carbons (Fsp3) is 0.583. The number of thiophene rings is 1. The van der Waals surface area contributed by atoms with Gasteiger partial charge in [-0.1, -0.05) is 0 Å². The van der Waals surface area contributed by atoms with Gasteiger partial charge < -0.3 is 9.47 Å². The Balaban J connectivity index is 2.18. The number of ether oxygens (including phenoxy) is 2. The number of nitrogens with zero attached hydrogens (tertiary/aromatic N) is 1. The van der Waals surface area contributed by atoms with Crippen molar-refractivity contribution in [3.63, 3.8) is 0 Å². The van der Waals surface area contributed by atoms with Gasteiger partial charge in [-0.2, -0.15) is 12.7 Å². The largest absolute Gasteiger partial charge is 0.465 e. The van der Waals surface area contributed by atoms with Crippen LogP contribution in [-0.4, -0.2) is 51.1 Å². The van der Waals surface area contributed by atoms with Gasteiger partial charge in [0, 0.05) is 13.1 Å². The molecular weight excluding hydrogens is 316 g/mol. The molecule has 21 heavy (non-hydrogen) atoms. The predicted octanol–water partition coefficient (Wildman–Crippen LogP) is 1.30. The first-order chi connectivity index (χ1) is 9.83. The van der Waals surface area contributed by atoms with Crippen molar-refractivity contribution in [3.8, 4) is 0 Å². The first kappa shape index (κ1) is 16.2. The first-order valence-corrected chi connectivity index (χ1v) is 8.74. The van der Waals surface area contributed by atoms with Crippen molar-refractivity contribution in [2.45, 2.75) is 26.1 Å². The summed E-state index contributed by atoms with van der Waals surface area (Å²) in [6.45, 7) is 4.19. The molecule has 118 valence electrons. The lowest BCUT2D eigenvalue weighted by molar-refractivity contribution is -0.0439. The number of hydrogen-bond acceptors (Lipinski definition) is 6. The summed E-state index contributed by atoms with van der Waals surface area (Å²) in [6, 6.07) is 1.54. The quantitative estimate of drug-likeness (QED) is 0.839. The van der Waals surface area contributed by atoms with Crippen molar-refractivity contribution < 1.29 is 22.7 Å². The van der Waals surface area contributed by atoms with E-state index in [0.29, 0.717) is 0 Å². The fourth-order valence-corrected chi connectivity index (χ4v) is 4.39. The Labute approximate surface area is 128 Å². The first-order valence-electron chi connectivity index (χ1n) is 6.42. The smallest absolute Gasteiger partial charge is 0.350 e. The summed E-state index contributed by atoms with van der Waals surface area (Å²) < 4.78 is 38.8. The zero-order valence-corrected chi connectivity index (χ0v) is 13.7. The molecule has 0 saturated carbocycles. The average molecular weight is 334 g/mol. The Kier molecular flexibility index (Phi) is 4.87. The van der Waals surface area contributed by atoms with E-state index in [9.17, 15) is 13.2 Å². The summed E-state index contributed by atoms with van der Waals surface area (Å²) >= 11 is 1.13. The van der Waals surface area contributed by atoms with E-state index in [1.807, 2.05) is 13.8 Å². The third-order valence-corrected chi connectivity index (χ3v) is 5.35. The molecule has 1 N–H and O–H groups in total. The molecule has 0 radical (unpaired) electrons. The molecule has 1 aliphatic rings. The maximum absolute atomic E-state index is 12.4. The number of carbonyl (C=O) groups excluding carboxylic acids is 1. The fourth-order valence-electron chi connectivity index (χ4n) is 2.17. The topological polar surface area (TPSA) is 84.9 Å². The van der Waals surface area contributed by atoms with Crippen molar-refractivity contribution in [2.75, 3.05) is 24.9 Å². The molecule has 2 heterocycles. The average Bonchev–Trinajstić information content (AvgIpc) is 2.84. The van der Waals surface area contributed by atoms with Crippen molar-refractivity contribution in [1.29, 1.82) is 0 Å². The third kappa shape index (κ3) is 3.73. The van der Waals surface area contributed by atoms with Crippen LogP contribution in [0.1, 0.15) is 23.5 Å². The van der Waals surface area contributed by atoms with E-state index in [0.717, 1.165) is 11.3 Å². The van der Waals surface area contributed by atoms with Crippen LogP contribution in [0.2, 0.25) is 0 Å². The van der Waals surface area contributed by atoms with Gasteiger partial charge in [0.05, 0.1) is 25.0 Å². The third-order valence-electron chi connectivity index (χ3n) is 3.00. The molecule has 0 aromatic carbocycles. The Morgan fingerprint density at radius 3 is 2.62 bits per heavy atom. The summed E-state index contributed by atoms with van der Waals surface area (Å²) in [7, 11) is -2.48. The Hall–Kier alpha value is -1.16. The maximum atomic E-state index is 12.4. The second kappa shape index (κ2) is 6.30. The van der Waals surface area contributed by atoms with Crippen molar-refractivity contribution in [3.05, 3.63) is 16.3 Å². The SMILES string of the molecule is COC(=O)c1sccc1NS(=O)(=O)N1CC(C)OC(C)C1. The zero-order chi connectivity index (χ0) is 15.6. The summed E-state index contributed by atoms with van der Waals surface area (Å²) in [5, 5.41) is 1.63. The van der Waals surface area contributed by atoms with Gasteiger partial charge in [0.25, 0.3) is 0 Å². The summed E-state index contributed by atoms with van der Waals surface area (Å²) in [6.07, 6.45) is -0.347. The molecule has 1 aromatic rings. The standard InChI is InChI=1S/C12H18N2O5S2/c1-8-6-14(7-9(2)19-8)21(16,17)13-10-4-5-20-11(10)12(15)18-3/h4-5,8-9,13H,6-7H2,1-3H3. The molecule has 1 fully saturated rings. The minimum absolute atomic E-state index is 0.173. The highest BCUT2D eigenvalue weighted by atomic mass is 32.2. The van der Waals surface area contributed by atoms with Crippen LogP contribution in [0.5, 0.6) is 0 Å². The number of hydrogen-bond donors (Lipinski definition) is 1. The van der Waals surface area contributed by atoms with Gasteiger partial charge in [-0.3, -0.25) is 4.72 Å². The minimum atomic E-state index is -3.73. The van der Waals surface area contributed by atoms with Gasteiger partial charge in [0.2, 0.25) is 0 Å². The maximum Gasteiger partial charge on any atom is 0.350 e. The van der Waals surface area contributed by atoms with E-state index in [1.54, 1.807) is 11.4 Å². The number of rotatable bonds is 4. The second-order valence-electron chi connectivity index (χ2n) is 4.84. The molecule has 0 aliphatic carbocycles. The van der Waals surface area contributed by atoms with E-state index >= 15 is 0 Å². The highest BCUT2D eigenvalue weighted by Crippen LogP contribution is 2.25. The normalized spacial score (nSPS) is 23.8. The highest BCUT2D eigenvalue weighted by molar-refractivity contribution is 7.90. The molecule has 1 saturated heterocycles. The summed E-state index contributed by atoms with van der Waals surface area (Å²) in [4.78, 5) is 11.8. The number of esters is 1. The van der Waals surface area contributed by atoms with Crippen LogP contribution in [0.15, 0.2) is 11.4 Å². The van der Waals surface area contributed by atoms with Crippen molar-refractivity contribution in [2.24, 2.45) is 0 Å². The number of carbonyl (C=O) groups is 1. The number of morpholine rings is 1. The monoisotopic (exact) mass is 334 g/mol. The van der Waals surface area contributed by atoms with Gasteiger partial charge in [0.15, 0.2) is 0 Å². The minimum Gasteiger partial charge on any atom is -0.465 e. The van der Waals surface area contributed by atoms with Crippen LogP contribution in [0.4, 0.5) is 5.69 Å². The van der Waals surface area contributed by atoms with Gasteiger partial charge in [-0.15, -0.1) is 11.3 Å². The number of anilines is 1. The van der Waals surface area contributed by atoms with Crippen LogP contribution >= 0.6 is 11.3 Å². The molecule has 7 nitrogen and oxygen atoms in total. The number of methoxy groups -OCH3 is 1. The summed E-state index contributed by atoms with van der Waals surface area (Å²) in [5.41, 5.74) is 0.235. The van der Waals surface area contributed by atoms with Crippen molar-refractivity contribution >= 4 is 33.2 Å². The predicted molar refractivity (Wildman–Crippen MR) is 79.8 cm³/mol. The highest BCUT2D eigenvalue weighted by Gasteiger charge is 2.32. The molecule has 2 atom stereocenters. The van der Waals surface area contributed by atoms with E-state index in [4.69, 9.17) is 4.74 Å². The molecule has 9 heteroatoms. The lowest BCUT2D eigenvalue weighted by Crippen LogP contribution is -2.49. The molecule has 0 spiro atoms. The van der Waals surface area contributed by atoms with Gasteiger partial charge in [0.1, 0.15) is 4.88 Å². The molecule has 1 aromatic heterocycles.